The van der Waals surface area contributed by atoms with E-state index in [1.165, 1.54) is 0 Å². The zero-order chi connectivity index (χ0) is 15.0. The van der Waals surface area contributed by atoms with E-state index in [1.807, 2.05) is 43.0 Å². The fourth-order valence-corrected chi connectivity index (χ4v) is 2.96. The molecule has 0 aliphatic carbocycles. The van der Waals surface area contributed by atoms with Crippen molar-refractivity contribution < 1.29 is 4.79 Å². The number of hydrogen-bond donors (Lipinski definition) is 1. The second-order valence-electron chi connectivity index (χ2n) is 5.39. The van der Waals surface area contributed by atoms with Gasteiger partial charge in [0.1, 0.15) is 5.69 Å². The van der Waals surface area contributed by atoms with E-state index in [0.29, 0.717) is 12.2 Å². The SMILES string of the molecule is CCn1nc(C)cc1C(=O)N1CCCc2c(N)cccc21. The fourth-order valence-electron chi connectivity index (χ4n) is 2.96. The topological polar surface area (TPSA) is 64.2 Å². The molecular formula is C16H20N4O. The van der Waals surface area contributed by atoms with Gasteiger partial charge in [0.25, 0.3) is 5.91 Å². The van der Waals surface area contributed by atoms with E-state index in [4.69, 9.17) is 5.73 Å². The largest absolute Gasteiger partial charge is 0.398 e. The molecule has 2 heterocycles. The quantitative estimate of drug-likeness (QED) is 0.861. The summed E-state index contributed by atoms with van der Waals surface area (Å²) >= 11 is 0. The normalized spacial score (nSPS) is 14.1. The van der Waals surface area contributed by atoms with Gasteiger partial charge in [-0.05, 0) is 50.5 Å². The first-order valence-electron chi connectivity index (χ1n) is 7.35. The predicted molar refractivity (Wildman–Crippen MR) is 83.5 cm³/mol. The Labute approximate surface area is 124 Å². The highest BCUT2D eigenvalue weighted by atomic mass is 16.2. The highest BCUT2D eigenvalue weighted by molar-refractivity contribution is 6.06. The summed E-state index contributed by atoms with van der Waals surface area (Å²) in [4.78, 5) is 14.7. The summed E-state index contributed by atoms with van der Waals surface area (Å²) in [6.07, 6.45) is 1.87. The van der Waals surface area contributed by atoms with Crippen LogP contribution in [0.25, 0.3) is 0 Å². The maximum Gasteiger partial charge on any atom is 0.276 e. The van der Waals surface area contributed by atoms with Crippen molar-refractivity contribution in [3.05, 3.63) is 41.2 Å². The second-order valence-corrected chi connectivity index (χ2v) is 5.39. The number of carbonyl (C=O) groups is 1. The van der Waals surface area contributed by atoms with Crippen LogP contribution >= 0.6 is 0 Å². The number of hydrogen-bond acceptors (Lipinski definition) is 3. The lowest BCUT2D eigenvalue weighted by molar-refractivity contribution is 0.0975. The van der Waals surface area contributed by atoms with Gasteiger partial charge in [-0.15, -0.1) is 0 Å². The Morgan fingerprint density at radius 3 is 3.00 bits per heavy atom. The molecule has 0 spiro atoms. The number of aromatic nitrogens is 2. The molecule has 2 aromatic rings. The first-order valence-corrected chi connectivity index (χ1v) is 7.35. The Morgan fingerprint density at radius 2 is 2.24 bits per heavy atom. The summed E-state index contributed by atoms with van der Waals surface area (Å²) in [7, 11) is 0. The highest BCUT2D eigenvalue weighted by Gasteiger charge is 2.26. The van der Waals surface area contributed by atoms with Crippen molar-refractivity contribution in [3.8, 4) is 0 Å². The zero-order valence-electron chi connectivity index (χ0n) is 12.5. The van der Waals surface area contributed by atoms with Crippen molar-refractivity contribution in [1.82, 2.24) is 9.78 Å². The van der Waals surface area contributed by atoms with E-state index in [-0.39, 0.29) is 5.91 Å². The van der Waals surface area contributed by atoms with Gasteiger partial charge in [-0.2, -0.15) is 5.10 Å². The van der Waals surface area contributed by atoms with Crippen LogP contribution in [0.4, 0.5) is 11.4 Å². The summed E-state index contributed by atoms with van der Waals surface area (Å²) in [5.41, 5.74) is 10.3. The molecule has 0 radical (unpaired) electrons. The molecule has 1 aliphatic rings. The Kier molecular flexibility index (Phi) is 3.41. The van der Waals surface area contributed by atoms with Crippen molar-refractivity contribution in [1.29, 1.82) is 0 Å². The number of amides is 1. The molecule has 3 rings (SSSR count). The second kappa shape index (κ2) is 5.24. The Morgan fingerprint density at radius 1 is 1.43 bits per heavy atom. The molecule has 0 atom stereocenters. The van der Waals surface area contributed by atoms with Crippen LogP contribution < -0.4 is 10.6 Å². The molecule has 1 aliphatic heterocycles. The summed E-state index contributed by atoms with van der Waals surface area (Å²) in [6, 6.07) is 7.63. The Hall–Kier alpha value is -2.30. The number of aryl methyl sites for hydroxylation is 2. The molecule has 5 heteroatoms. The standard InChI is InChI=1S/C16H20N4O/c1-3-20-15(10-11(2)18-20)16(21)19-9-5-6-12-13(17)7-4-8-14(12)19/h4,7-8,10H,3,5-6,9,17H2,1-2H3. The van der Waals surface area contributed by atoms with Crippen molar-refractivity contribution >= 4 is 17.3 Å². The molecule has 0 unspecified atom stereocenters. The van der Waals surface area contributed by atoms with Gasteiger partial charge < -0.3 is 10.6 Å². The third-order valence-electron chi connectivity index (χ3n) is 3.95. The molecule has 0 saturated heterocycles. The Bertz CT molecular complexity index is 690. The smallest absolute Gasteiger partial charge is 0.276 e. The van der Waals surface area contributed by atoms with Crippen LogP contribution in [0.3, 0.4) is 0 Å². The monoisotopic (exact) mass is 284 g/mol. The minimum Gasteiger partial charge on any atom is -0.398 e. The maximum atomic E-state index is 12.9. The highest BCUT2D eigenvalue weighted by Crippen LogP contribution is 2.32. The van der Waals surface area contributed by atoms with Crippen LogP contribution in [0.5, 0.6) is 0 Å². The predicted octanol–water partition coefficient (Wildman–Crippen LogP) is 2.39. The van der Waals surface area contributed by atoms with E-state index in [9.17, 15) is 4.79 Å². The van der Waals surface area contributed by atoms with Crippen molar-refractivity contribution in [2.75, 3.05) is 17.2 Å². The van der Waals surface area contributed by atoms with Gasteiger partial charge in [-0.25, -0.2) is 0 Å². The maximum absolute atomic E-state index is 12.9. The number of nitrogens with zero attached hydrogens (tertiary/aromatic N) is 3. The van der Waals surface area contributed by atoms with Crippen LogP contribution in [0.1, 0.15) is 35.1 Å². The molecule has 0 bridgehead atoms. The lowest BCUT2D eigenvalue weighted by Gasteiger charge is -2.30. The molecule has 5 nitrogen and oxygen atoms in total. The average Bonchev–Trinajstić information content (AvgIpc) is 2.87. The number of nitrogen functional groups attached to an aromatic ring is 1. The number of benzene rings is 1. The minimum absolute atomic E-state index is 0.00370. The molecule has 2 N–H and O–H groups in total. The zero-order valence-corrected chi connectivity index (χ0v) is 12.5. The first-order chi connectivity index (χ1) is 10.1. The summed E-state index contributed by atoms with van der Waals surface area (Å²) in [6.45, 7) is 5.31. The minimum atomic E-state index is 0.00370. The fraction of sp³-hybridized carbons (Fsp3) is 0.375. The van der Waals surface area contributed by atoms with Gasteiger partial charge in [0, 0.05) is 24.5 Å². The number of nitrogens with two attached hydrogens (primary N) is 1. The van der Waals surface area contributed by atoms with Crippen LogP contribution in [0, 0.1) is 6.92 Å². The van der Waals surface area contributed by atoms with Crippen LogP contribution in [-0.2, 0) is 13.0 Å². The van der Waals surface area contributed by atoms with Gasteiger partial charge in [0.15, 0.2) is 0 Å². The number of carbonyl (C=O) groups excluding carboxylic acids is 1. The molecule has 110 valence electrons. The van der Waals surface area contributed by atoms with Crippen molar-refractivity contribution in [2.24, 2.45) is 0 Å². The van der Waals surface area contributed by atoms with Gasteiger partial charge >= 0.3 is 0 Å². The molecule has 21 heavy (non-hydrogen) atoms. The summed E-state index contributed by atoms with van der Waals surface area (Å²) in [5, 5.41) is 4.36. The first kappa shape index (κ1) is 13.7. The van der Waals surface area contributed by atoms with Gasteiger partial charge in [-0.1, -0.05) is 6.07 Å². The van der Waals surface area contributed by atoms with Gasteiger partial charge in [0.05, 0.1) is 5.69 Å². The molecule has 1 amide bonds. The molecule has 1 aromatic carbocycles. The van der Waals surface area contributed by atoms with Crippen LogP contribution in [0.15, 0.2) is 24.3 Å². The third kappa shape index (κ3) is 2.28. The van der Waals surface area contributed by atoms with E-state index < -0.39 is 0 Å². The lowest BCUT2D eigenvalue weighted by Crippen LogP contribution is -2.37. The van der Waals surface area contributed by atoms with Crippen LogP contribution in [-0.4, -0.2) is 22.2 Å². The van der Waals surface area contributed by atoms with Gasteiger partial charge in [-0.3, -0.25) is 9.48 Å². The van der Waals surface area contributed by atoms with Crippen molar-refractivity contribution in [2.45, 2.75) is 33.2 Å². The van der Waals surface area contributed by atoms with Crippen molar-refractivity contribution in [3.63, 3.8) is 0 Å². The van der Waals surface area contributed by atoms with E-state index in [1.54, 1.807) is 4.68 Å². The molecule has 1 aromatic heterocycles. The number of fused-ring (bicyclic) bond motifs is 1. The number of anilines is 2. The van der Waals surface area contributed by atoms with E-state index >= 15 is 0 Å². The van der Waals surface area contributed by atoms with Crippen LogP contribution in [0.2, 0.25) is 0 Å². The molecular weight excluding hydrogens is 264 g/mol. The molecule has 0 saturated carbocycles. The number of rotatable bonds is 2. The average molecular weight is 284 g/mol. The van der Waals surface area contributed by atoms with Gasteiger partial charge in [0.2, 0.25) is 0 Å². The van der Waals surface area contributed by atoms with E-state index in [2.05, 4.69) is 5.10 Å². The Balaban J connectivity index is 2.02. The lowest BCUT2D eigenvalue weighted by atomic mass is 9.99. The van der Waals surface area contributed by atoms with E-state index in [0.717, 1.165) is 42.0 Å². The summed E-state index contributed by atoms with van der Waals surface area (Å²) in [5.74, 6) is 0.00370. The summed E-state index contributed by atoms with van der Waals surface area (Å²) < 4.78 is 1.76. The third-order valence-corrected chi connectivity index (χ3v) is 3.95. The molecule has 0 fully saturated rings.